The van der Waals surface area contributed by atoms with Crippen molar-refractivity contribution >= 4 is 23.0 Å². The van der Waals surface area contributed by atoms with Crippen LogP contribution in [-0.2, 0) is 6.42 Å². The summed E-state index contributed by atoms with van der Waals surface area (Å²) >= 11 is 0. The second kappa shape index (κ2) is 7.00. The molecule has 0 saturated carbocycles. The minimum atomic E-state index is -0.108. The molecule has 0 fully saturated rings. The van der Waals surface area contributed by atoms with Gasteiger partial charge in [-0.15, -0.1) is 0 Å². The van der Waals surface area contributed by atoms with E-state index in [4.69, 9.17) is 0 Å². The van der Waals surface area contributed by atoms with Crippen molar-refractivity contribution in [2.75, 3.05) is 23.4 Å². The number of fused-ring (bicyclic) bond motifs is 1. The maximum absolute atomic E-state index is 12.9. The molecule has 2 aromatic carbocycles. The minimum absolute atomic E-state index is 0.108. The Morgan fingerprint density at radius 2 is 1.81 bits per heavy atom. The first-order valence-corrected chi connectivity index (χ1v) is 8.88. The summed E-state index contributed by atoms with van der Waals surface area (Å²) in [4.78, 5) is 21.1. The van der Waals surface area contributed by atoms with E-state index in [1.54, 1.807) is 18.1 Å². The Hall–Kier alpha value is -3.14. The van der Waals surface area contributed by atoms with Gasteiger partial charge in [-0.25, -0.2) is 0 Å². The molecule has 1 aliphatic heterocycles. The lowest BCUT2D eigenvalue weighted by molar-refractivity contribution is 0.0988. The van der Waals surface area contributed by atoms with Gasteiger partial charge in [0.25, 0.3) is 5.91 Å². The first-order chi connectivity index (χ1) is 12.7. The smallest absolute Gasteiger partial charge is 0.276 e. The fourth-order valence-corrected chi connectivity index (χ4v) is 3.45. The van der Waals surface area contributed by atoms with Crippen LogP contribution in [0.1, 0.15) is 22.5 Å². The number of aryl methyl sites for hydroxylation is 1. The lowest BCUT2D eigenvalue weighted by atomic mass is 10.0. The number of carbonyl (C=O) groups is 1. The van der Waals surface area contributed by atoms with E-state index in [1.807, 2.05) is 42.5 Å². The van der Waals surface area contributed by atoms with Crippen LogP contribution in [0.2, 0.25) is 0 Å². The van der Waals surface area contributed by atoms with Crippen molar-refractivity contribution in [2.24, 2.45) is 0 Å². The van der Waals surface area contributed by atoms with Crippen molar-refractivity contribution in [3.8, 4) is 0 Å². The van der Waals surface area contributed by atoms with Crippen LogP contribution in [0.25, 0.3) is 0 Å². The maximum Gasteiger partial charge on any atom is 0.276 e. The van der Waals surface area contributed by atoms with E-state index in [-0.39, 0.29) is 5.91 Å². The highest BCUT2D eigenvalue weighted by Gasteiger charge is 2.20. The van der Waals surface area contributed by atoms with Crippen molar-refractivity contribution in [3.63, 3.8) is 0 Å². The highest BCUT2D eigenvalue weighted by atomic mass is 16.2. The summed E-state index contributed by atoms with van der Waals surface area (Å²) in [6.45, 7) is 0.948. The topological polar surface area (TPSA) is 36.4 Å². The van der Waals surface area contributed by atoms with E-state index >= 15 is 0 Å². The first-order valence-electron chi connectivity index (χ1n) is 8.88. The molecule has 1 aromatic heterocycles. The Kier molecular flexibility index (Phi) is 4.40. The zero-order valence-electron chi connectivity index (χ0n) is 14.8. The summed E-state index contributed by atoms with van der Waals surface area (Å²) in [5.74, 6) is -0.108. The van der Waals surface area contributed by atoms with Crippen LogP contribution in [0.3, 0.4) is 0 Å². The number of benzene rings is 2. The third-order valence-electron chi connectivity index (χ3n) is 4.83. The van der Waals surface area contributed by atoms with Crippen LogP contribution >= 0.6 is 0 Å². The molecule has 0 spiro atoms. The molecule has 4 nitrogen and oxygen atoms in total. The highest BCUT2D eigenvalue weighted by Crippen LogP contribution is 2.33. The van der Waals surface area contributed by atoms with Gasteiger partial charge in [-0.3, -0.25) is 9.78 Å². The van der Waals surface area contributed by atoms with Gasteiger partial charge in [0.15, 0.2) is 0 Å². The lowest BCUT2D eigenvalue weighted by Gasteiger charge is -2.31. The van der Waals surface area contributed by atoms with Gasteiger partial charge in [0.05, 0.1) is 0 Å². The number of hydrogen-bond acceptors (Lipinski definition) is 3. The number of pyridine rings is 1. The molecule has 0 unspecified atom stereocenters. The van der Waals surface area contributed by atoms with Crippen LogP contribution < -0.4 is 9.80 Å². The quantitative estimate of drug-likeness (QED) is 0.705. The molecule has 0 aliphatic carbocycles. The van der Waals surface area contributed by atoms with E-state index in [9.17, 15) is 4.79 Å². The standard InChI is InChI=1S/C22H21N3O/c1-24(18-10-3-2-4-11-18)22(26)20-16-19(13-14-23-20)25-15-7-9-17-8-5-6-12-21(17)25/h2-6,8,10-14,16H,7,9,15H2,1H3. The number of para-hydroxylation sites is 2. The molecule has 4 heteroatoms. The Morgan fingerprint density at radius 1 is 1.04 bits per heavy atom. The SMILES string of the molecule is CN(C(=O)c1cc(N2CCCc3ccccc32)ccn1)c1ccccc1. The average molecular weight is 343 g/mol. The number of anilines is 3. The third kappa shape index (κ3) is 3.06. The van der Waals surface area contributed by atoms with Crippen LogP contribution in [0, 0.1) is 0 Å². The van der Waals surface area contributed by atoms with Crippen LogP contribution in [0.15, 0.2) is 72.9 Å². The summed E-state index contributed by atoms with van der Waals surface area (Å²) in [7, 11) is 1.78. The monoisotopic (exact) mass is 343 g/mol. The van der Waals surface area contributed by atoms with Crippen LogP contribution in [0.5, 0.6) is 0 Å². The summed E-state index contributed by atoms with van der Waals surface area (Å²) < 4.78 is 0. The summed E-state index contributed by atoms with van der Waals surface area (Å²) in [5.41, 5.74) is 4.89. The molecule has 4 rings (SSSR count). The molecule has 0 N–H and O–H groups in total. The van der Waals surface area contributed by atoms with Crippen molar-refractivity contribution in [3.05, 3.63) is 84.2 Å². The molecule has 3 aromatic rings. The second-order valence-electron chi connectivity index (χ2n) is 6.48. The van der Waals surface area contributed by atoms with Gasteiger partial charge in [-0.05, 0) is 48.7 Å². The van der Waals surface area contributed by atoms with Gasteiger partial charge in [-0.2, -0.15) is 0 Å². The van der Waals surface area contributed by atoms with Gasteiger partial charge in [0.2, 0.25) is 0 Å². The van der Waals surface area contributed by atoms with Gasteiger partial charge >= 0.3 is 0 Å². The Labute approximate surface area is 153 Å². The van der Waals surface area contributed by atoms with Crippen molar-refractivity contribution in [1.82, 2.24) is 4.98 Å². The minimum Gasteiger partial charge on any atom is -0.341 e. The van der Waals surface area contributed by atoms with E-state index in [2.05, 4.69) is 34.1 Å². The predicted molar refractivity (Wildman–Crippen MR) is 105 cm³/mol. The normalized spacial score (nSPS) is 13.2. The third-order valence-corrected chi connectivity index (χ3v) is 4.83. The van der Waals surface area contributed by atoms with Crippen LogP contribution in [0.4, 0.5) is 17.1 Å². The summed E-state index contributed by atoms with van der Waals surface area (Å²) in [5, 5.41) is 0. The summed E-state index contributed by atoms with van der Waals surface area (Å²) in [6.07, 6.45) is 3.92. The zero-order chi connectivity index (χ0) is 17.9. The molecular weight excluding hydrogens is 322 g/mol. The number of rotatable bonds is 3. The van der Waals surface area contributed by atoms with Crippen molar-refractivity contribution < 1.29 is 4.79 Å². The van der Waals surface area contributed by atoms with Gasteiger partial charge in [0, 0.05) is 36.9 Å². The number of nitrogens with zero attached hydrogens (tertiary/aromatic N) is 3. The fourth-order valence-electron chi connectivity index (χ4n) is 3.45. The Bertz CT molecular complexity index is 923. The largest absolute Gasteiger partial charge is 0.341 e. The van der Waals surface area contributed by atoms with Gasteiger partial charge in [0.1, 0.15) is 5.69 Å². The van der Waals surface area contributed by atoms with Gasteiger partial charge < -0.3 is 9.80 Å². The molecule has 0 radical (unpaired) electrons. The number of amides is 1. The second-order valence-corrected chi connectivity index (χ2v) is 6.48. The van der Waals surface area contributed by atoms with E-state index in [0.29, 0.717) is 5.69 Å². The van der Waals surface area contributed by atoms with E-state index < -0.39 is 0 Å². The van der Waals surface area contributed by atoms with Crippen LogP contribution in [-0.4, -0.2) is 24.5 Å². The maximum atomic E-state index is 12.9. The molecule has 0 saturated heterocycles. The fraction of sp³-hybridized carbons (Fsp3) is 0.182. The molecule has 0 atom stereocenters. The molecule has 130 valence electrons. The van der Waals surface area contributed by atoms with Crippen molar-refractivity contribution in [1.29, 1.82) is 0 Å². The Balaban J connectivity index is 1.65. The first kappa shape index (κ1) is 16.3. The highest BCUT2D eigenvalue weighted by molar-refractivity contribution is 6.04. The van der Waals surface area contributed by atoms with E-state index in [1.165, 1.54) is 11.3 Å². The molecule has 1 aliphatic rings. The molecule has 0 bridgehead atoms. The molecule has 26 heavy (non-hydrogen) atoms. The molecule has 1 amide bonds. The zero-order valence-corrected chi connectivity index (χ0v) is 14.8. The number of hydrogen-bond donors (Lipinski definition) is 0. The average Bonchev–Trinajstić information content (AvgIpc) is 2.73. The lowest BCUT2D eigenvalue weighted by Crippen LogP contribution is -2.28. The van der Waals surface area contributed by atoms with Crippen molar-refractivity contribution in [2.45, 2.75) is 12.8 Å². The Morgan fingerprint density at radius 3 is 2.65 bits per heavy atom. The molecule has 2 heterocycles. The summed E-state index contributed by atoms with van der Waals surface area (Å²) in [6, 6.07) is 22.0. The number of aromatic nitrogens is 1. The van der Waals surface area contributed by atoms with Gasteiger partial charge in [-0.1, -0.05) is 36.4 Å². The molecular formula is C22H21N3O. The predicted octanol–water partition coefficient (Wildman–Crippen LogP) is 4.44. The number of carbonyl (C=O) groups excluding carboxylic acids is 1. The van der Waals surface area contributed by atoms with E-state index in [0.717, 1.165) is 30.8 Å².